The first kappa shape index (κ1) is 25.5. The lowest BCUT2D eigenvalue weighted by Gasteiger charge is -2.45. The van der Waals surface area contributed by atoms with Crippen molar-refractivity contribution in [1.82, 2.24) is 14.5 Å². The number of amides is 1. The van der Waals surface area contributed by atoms with E-state index in [1.165, 1.54) is 12.1 Å². The van der Waals surface area contributed by atoms with Crippen molar-refractivity contribution in [2.75, 3.05) is 41.4 Å². The van der Waals surface area contributed by atoms with Gasteiger partial charge in [0.2, 0.25) is 5.95 Å². The summed E-state index contributed by atoms with van der Waals surface area (Å²) >= 11 is 0. The van der Waals surface area contributed by atoms with Crippen molar-refractivity contribution >= 4 is 29.0 Å². The zero-order chi connectivity index (χ0) is 28.0. The number of hydrogen-bond acceptors (Lipinski definition) is 7. The van der Waals surface area contributed by atoms with Crippen LogP contribution in [0.1, 0.15) is 16.2 Å². The molecule has 1 N–H and O–H groups in total. The van der Waals surface area contributed by atoms with Crippen LogP contribution in [0.4, 0.5) is 26.1 Å². The minimum absolute atomic E-state index is 0.124. The van der Waals surface area contributed by atoms with E-state index in [9.17, 15) is 14.0 Å². The Morgan fingerprint density at radius 2 is 1.80 bits per heavy atom. The number of carbonyl (C=O) groups excluding carboxylic acids is 2. The topological polar surface area (TPSA) is 92.6 Å². The molecule has 4 aromatic rings. The van der Waals surface area contributed by atoms with Crippen LogP contribution in [0.2, 0.25) is 0 Å². The van der Waals surface area contributed by atoms with E-state index in [-0.39, 0.29) is 29.8 Å². The molecule has 1 fully saturated rings. The lowest BCUT2D eigenvalue weighted by molar-refractivity contribution is -0.112. The highest BCUT2D eigenvalue weighted by Crippen LogP contribution is 2.40. The Morgan fingerprint density at radius 3 is 2.55 bits per heavy atom. The number of hydrogen-bond donors (Lipinski definition) is 1. The van der Waals surface area contributed by atoms with E-state index < -0.39 is 23.3 Å². The van der Waals surface area contributed by atoms with Crippen molar-refractivity contribution in [1.29, 1.82) is 0 Å². The zero-order valence-corrected chi connectivity index (χ0v) is 21.9. The molecule has 0 bridgehead atoms. The summed E-state index contributed by atoms with van der Waals surface area (Å²) in [5.74, 6) is -2.01. The van der Waals surface area contributed by atoms with Gasteiger partial charge in [-0.15, -0.1) is 0 Å². The Kier molecular flexibility index (Phi) is 6.41. The minimum atomic E-state index is -0.876. The first-order valence-corrected chi connectivity index (χ1v) is 12.8. The molecule has 0 radical (unpaired) electrons. The second-order valence-electron chi connectivity index (χ2n) is 9.87. The van der Waals surface area contributed by atoms with E-state index in [2.05, 4.69) is 15.3 Å². The molecule has 0 aliphatic carbocycles. The molecule has 0 spiro atoms. The van der Waals surface area contributed by atoms with Gasteiger partial charge in [0.25, 0.3) is 11.7 Å². The van der Waals surface area contributed by atoms with Crippen molar-refractivity contribution in [3.05, 3.63) is 83.9 Å². The van der Waals surface area contributed by atoms with Crippen LogP contribution >= 0.6 is 0 Å². The molecule has 0 saturated carbocycles. The first-order valence-electron chi connectivity index (χ1n) is 12.8. The fourth-order valence-electron chi connectivity index (χ4n) is 5.30. The molecule has 9 nitrogen and oxygen atoms in total. The summed E-state index contributed by atoms with van der Waals surface area (Å²) in [5, 5.41) is 2.56. The number of Topliss-reactive ketones (excluding diaryl/α,β-unsaturated/α-hetero) is 1. The SMILES string of the molecule is Cc1cc(-c2ccccc2)c(C(=O)C(=O)Nc2cc(F)c3c(c2)OC[C@H]2CN(c4ncc(F)cn4)CCN32)n1C. The molecular weight excluding hydrogens is 518 g/mol. The summed E-state index contributed by atoms with van der Waals surface area (Å²) in [6, 6.07) is 13.8. The fraction of sp³-hybridized carbons (Fsp3) is 0.241. The normalized spacial score (nSPS) is 16.1. The molecular formula is C29H26F2N6O3. The first-order chi connectivity index (χ1) is 19.3. The van der Waals surface area contributed by atoms with Crippen molar-refractivity contribution in [3.8, 4) is 16.9 Å². The number of ether oxygens (including phenoxy) is 1. The van der Waals surface area contributed by atoms with Gasteiger partial charge in [0.05, 0.1) is 18.4 Å². The van der Waals surface area contributed by atoms with E-state index in [0.717, 1.165) is 23.7 Å². The quantitative estimate of drug-likeness (QED) is 0.300. The van der Waals surface area contributed by atoms with Gasteiger partial charge >= 0.3 is 0 Å². The molecule has 2 aromatic carbocycles. The summed E-state index contributed by atoms with van der Waals surface area (Å²) in [6.45, 7) is 3.57. The third-order valence-corrected chi connectivity index (χ3v) is 7.36. The molecule has 40 heavy (non-hydrogen) atoms. The average Bonchev–Trinajstić information content (AvgIpc) is 3.26. The average molecular weight is 545 g/mol. The Bertz CT molecular complexity index is 1610. The number of aryl methyl sites for hydroxylation is 1. The number of carbonyl (C=O) groups is 2. The molecule has 204 valence electrons. The number of nitrogens with one attached hydrogen (secondary N) is 1. The van der Waals surface area contributed by atoms with Crippen LogP contribution in [0.15, 0.2) is 60.9 Å². The molecule has 0 unspecified atom stereocenters. The maximum absolute atomic E-state index is 15.5. The maximum atomic E-state index is 15.5. The minimum Gasteiger partial charge on any atom is -0.489 e. The molecule has 2 aliphatic heterocycles. The lowest BCUT2D eigenvalue weighted by atomic mass is 10.0. The molecule has 1 atom stereocenters. The number of fused-ring (bicyclic) bond motifs is 3. The number of benzene rings is 2. The lowest BCUT2D eigenvalue weighted by Crippen LogP contribution is -2.58. The largest absolute Gasteiger partial charge is 0.489 e. The number of ketones is 1. The van der Waals surface area contributed by atoms with Gasteiger partial charge in [0.1, 0.15) is 23.7 Å². The number of nitrogens with zero attached hydrogens (tertiary/aromatic N) is 5. The molecule has 2 aliphatic rings. The second-order valence-corrected chi connectivity index (χ2v) is 9.87. The predicted molar refractivity (Wildman–Crippen MR) is 146 cm³/mol. The summed E-state index contributed by atoms with van der Waals surface area (Å²) in [7, 11) is 1.73. The van der Waals surface area contributed by atoms with E-state index in [4.69, 9.17) is 4.74 Å². The fourth-order valence-corrected chi connectivity index (χ4v) is 5.30. The van der Waals surface area contributed by atoms with Gasteiger partial charge in [0, 0.05) is 49.7 Å². The van der Waals surface area contributed by atoms with E-state index in [1.807, 2.05) is 53.1 Å². The van der Waals surface area contributed by atoms with Gasteiger partial charge in [-0.05, 0) is 24.6 Å². The van der Waals surface area contributed by atoms with Gasteiger partial charge in [0.15, 0.2) is 11.6 Å². The molecule has 6 rings (SSSR count). The molecule has 11 heteroatoms. The highest BCUT2D eigenvalue weighted by Gasteiger charge is 2.36. The van der Waals surface area contributed by atoms with Gasteiger partial charge in [-0.1, -0.05) is 30.3 Å². The third-order valence-electron chi connectivity index (χ3n) is 7.36. The van der Waals surface area contributed by atoms with Gasteiger partial charge in [-0.2, -0.15) is 0 Å². The molecule has 4 heterocycles. The van der Waals surface area contributed by atoms with Gasteiger partial charge in [-0.3, -0.25) is 9.59 Å². The Hall–Kier alpha value is -4.80. The van der Waals surface area contributed by atoms with Crippen LogP contribution < -0.4 is 19.9 Å². The smallest absolute Gasteiger partial charge is 0.298 e. The summed E-state index contributed by atoms with van der Waals surface area (Å²) in [4.78, 5) is 38.3. The maximum Gasteiger partial charge on any atom is 0.298 e. The third kappa shape index (κ3) is 4.53. The molecule has 2 aromatic heterocycles. The number of halogens is 2. The number of anilines is 3. The number of aromatic nitrogens is 3. The highest BCUT2D eigenvalue weighted by molar-refractivity contribution is 6.47. The standard InChI is InChI=1S/C29H26F2N6O3/c1-17-10-22(18-6-4-3-5-7-18)25(35(17)2)27(38)28(39)34-20-11-23(31)26-24(12-20)40-16-21-15-36(8-9-37(21)26)29-32-13-19(30)14-33-29/h3-7,10-14,21H,8-9,15-16H2,1-2H3,(H,34,39)/t21-/m1/s1. The van der Waals surface area contributed by atoms with Crippen molar-refractivity contribution < 1.29 is 23.1 Å². The number of rotatable bonds is 5. The van der Waals surface area contributed by atoms with Crippen LogP contribution in [0.3, 0.4) is 0 Å². The van der Waals surface area contributed by atoms with Crippen molar-refractivity contribution in [2.45, 2.75) is 13.0 Å². The Balaban J connectivity index is 1.21. The van der Waals surface area contributed by atoms with Crippen molar-refractivity contribution in [2.24, 2.45) is 7.05 Å². The molecule has 1 amide bonds. The van der Waals surface area contributed by atoms with Crippen LogP contribution in [0.25, 0.3) is 11.1 Å². The van der Waals surface area contributed by atoms with Crippen LogP contribution in [-0.2, 0) is 11.8 Å². The number of piperazine rings is 1. The summed E-state index contributed by atoms with van der Waals surface area (Å²) in [6.07, 6.45) is 2.23. The summed E-state index contributed by atoms with van der Waals surface area (Å²) in [5.41, 5.74) is 2.96. The highest BCUT2D eigenvalue weighted by atomic mass is 19.1. The van der Waals surface area contributed by atoms with E-state index in [0.29, 0.717) is 36.8 Å². The van der Waals surface area contributed by atoms with E-state index in [1.54, 1.807) is 11.6 Å². The molecule has 1 saturated heterocycles. The van der Waals surface area contributed by atoms with E-state index >= 15 is 4.39 Å². The van der Waals surface area contributed by atoms with Crippen LogP contribution in [-0.4, -0.2) is 58.5 Å². The Labute approximate surface area is 229 Å². The van der Waals surface area contributed by atoms with Crippen molar-refractivity contribution in [3.63, 3.8) is 0 Å². The monoisotopic (exact) mass is 544 g/mol. The summed E-state index contributed by atoms with van der Waals surface area (Å²) < 4.78 is 36.2. The zero-order valence-electron chi connectivity index (χ0n) is 21.9. The van der Waals surface area contributed by atoms with Gasteiger partial charge in [-0.25, -0.2) is 18.7 Å². The van der Waals surface area contributed by atoms with Crippen LogP contribution in [0.5, 0.6) is 5.75 Å². The second kappa shape index (κ2) is 10.1. The predicted octanol–water partition coefficient (Wildman–Crippen LogP) is 3.98. The van der Waals surface area contributed by atoms with Crippen LogP contribution in [0, 0.1) is 18.6 Å². The van der Waals surface area contributed by atoms with Gasteiger partial charge < -0.3 is 24.4 Å². The Morgan fingerprint density at radius 1 is 1.05 bits per heavy atom.